The normalized spacial score (nSPS) is 11.6. The Morgan fingerprint density at radius 1 is 1.21 bits per heavy atom. The molecule has 0 unspecified atom stereocenters. The maximum Gasteiger partial charge on any atom is 0.574 e. The number of halogens is 6. The van der Waals surface area contributed by atoms with E-state index in [9.17, 15) is 13.2 Å². The summed E-state index contributed by atoms with van der Waals surface area (Å²) in [4.78, 5) is 3.65. The molecule has 0 atom stereocenters. The summed E-state index contributed by atoms with van der Waals surface area (Å²) >= 11 is 5.79. The molecule has 0 amide bonds. The summed E-state index contributed by atoms with van der Waals surface area (Å²) in [5.74, 6) is -0.424. The van der Waals surface area contributed by atoms with Crippen LogP contribution in [0.3, 0.4) is 0 Å². The number of aromatic nitrogens is 1. The molecule has 1 aromatic rings. The summed E-state index contributed by atoms with van der Waals surface area (Å²) in [6.45, 7) is 0. The van der Waals surface area contributed by atoms with Crippen LogP contribution in [0.4, 0.5) is 13.2 Å². The third-order valence-electron chi connectivity index (χ3n) is 1.07. The van der Waals surface area contributed by atoms with Crippen LogP contribution in [0.25, 0.3) is 0 Å². The van der Waals surface area contributed by atoms with Gasteiger partial charge in [-0.1, -0.05) is 0 Å². The smallest absolute Gasteiger partial charge is 0.388 e. The molecule has 1 rings (SSSR count). The summed E-state index contributed by atoms with van der Waals surface area (Å²) in [6, 6.07) is 1.25. The van der Waals surface area contributed by atoms with E-state index in [4.69, 9.17) is 0 Å². The van der Waals surface area contributed by atoms with Crippen LogP contribution in [0.2, 0.25) is 0 Å². The van der Waals surface area contributed by atoms with Gasteiger partial charge in [-0.2, -0.15) is 0 Å². The Labute approximate surface area is 118 Å². The van der Waals surface area contributed by atoms with E-state index in [1.165, 1.54) is 6.07 Å². The molecule has 0 saturated heterocycles. The maximum atomic E-state index is 11.8. The Balaban J connectivity index is 3.02. The largest absolute Gasteiger partial charge is 0.574 e. The van der Waals surface area contributed by atoms with Gasteiger partial charge in [0.25, 0.3) is 0 Å². The lowest BCUT2D eigenvalue weighted by Crippen LogP contribution is -2.18. The Hall–Kier alpha value is 0.930. The summed E-state index contributed by atoms with van der Waals surface area (Å²) in [6.07, 6.45) is -4.69. The topological polar surface area (TPSA) is 22.1 Å². The fraction of sp³-hybridized carbons (Fsp3) is 0.167. The molecule has 8 heteroatoms. The van der Waals surface area contributed by atoms with Crippen molar-refractivity contribution in [1.29, 1.82) is 0 Å². The monoisotopic (exact) mass is 541 g/mol. The third kappa shape index (κ3) is 3.83. The van der Waals surface area contributed by atoms with Crippen molar-refractivity contribution in [2.45, 2.75) is 6.36 Å². The van der Waals surface area contributed by atoms with E-state index in [0.717, 1.165) is 3.57 Å². The molecular formula is C6HF3I3NO. The lowest BCUT2D eigenvalue weighted by Gasteiger charge is -2.09. The number of hydrogen-bond acceptors (Lipinski definition) is 2. The average molecular weight is 541 g/mol. The molecule has 0 aliphatic carbocycles. The van der Waals surface area contributed by atoms with Crippen LogP contribution in [-0.4, -0.2) is 11.3 Å². The van der Waals surface area contributed by atoms with E-state index in [-0.39, 0.29) is 0 Å². The molecule has 78 valence electrons. The lowest BCUT2D eigenvalue weighted by molar-refractivity contribution is -0.276. The minimum absolute atomic E-state index is 0.424. The van der Waals surface area contributed by atoms with E-state index in [1.807, 2.05) is 67.8 Å². The predicted molar refractivity (Wildman–Crippen MR) is 69.1 cm³/mol. The molecule has 0 aliphatic rings. The second kappa shape index (κ2) is 4.84. The van der Waals surface area contributed by atoms with Gasteiger partial charge < -0.3 is 4.74 Å². The molecule has 0 radical (unpaired) electrons. The van der Waals surface area contributed by atoms with Gasteiger partial charge in [0, 0.05) is 9.64 Å². The van der Waals surface area contributed by atoms with Crippen molar-refractivity contribution in [3.05, 3.63) is 16.9 Å². The van der Waals surface area contributed by atoms with Crippen LogP contribution in [0.1, 0.15) is 0 Å². The molecule has 0 aromatic carbocycles. The molecule has 2 nitrogen and oxygen atoms in total. The standard InChI is InChI=1S/C6HF3I3NO/c7-6(8,9)14-3-1-2(10)4(11)5(12)13-3/h1H. The van der Waals surface area contributed by atoms with Crippen LogP contribution in [-0.2, 0) is 0 Å². The van der Waals surface area contributed by atoms with Crippen LogP contribution in [0, 0.1) is 10.8 Å². The van der Waals surface area contributed by atoms with E-state index in [0.29, 0.717) is 7.27 Å². The minimum atomic E-state index is -4.69. The molecule has 14 heavy (non-hydrogen) atoms. The summed E-state index contributed by atoms with van der Waals surface area (Å²) in [7, 11) is 0. The average Bonchev–Trinajstić information content (AvgIpc) is 1.96. The van der Waals surface area contributed by atoms with Crippen molar-refractivity contribution < 1.29 is 17.9 Å². The third-order valence-corrected chi connectivity index (χ3v) is 5.86. The van der Waals surface area contributed by atoms with Crippen LogP contribution < -0.4 is 4.74 Å². The SMILES string of the molecule is FC(F)(F)Oc1cc(I)c(I)c(I)n1. The molecule has 0 aliphatic heterocycles. The highest BCUT2D eigenvalue weighted by atomic mass is 127. The van der Waals surface area contributed by atoms with Crippen LogP contribution in [0.15, 0.2) is 6.07 Å². The number of alkyl halides is 3. The lowest BCUT2D eigenvalue weighted by atomic mass is 10.5. The van der Waals surface area contributed by atoms with E-state index in [1.54, 1.807) is 0 Å². The number of ether oxygens (including phenoxy) is 1. The van der Waals surface area contributed by atoms with E-state index in [2.05, 4.69) is 9.72 Å². The van der Waals surface area contributed by atoms with Gasteiger partial charge in [-0.25, -0.2) is 4.98 Å². The summed E-state index contributed by atoms with van der Waals surface area (Å²) < 4.78 is 41.2. The fourth-order valence-electron chi connectivity index (χ4n) is 0.619. The van der Waals surface area contributed by atoms with Crippen molar-refractivity contribution in [2.24, 2.45) is 0 Å². The minimum Gasteiger partial charge on any atom is -0.388 e. The highest BCUT2D eigenvalue weighted by Gasteiger charge is 2.32. The van der Waals surface area contributed by atoms with Gasteiger partial charge in [0.1, 0.15) is 3.70 Å². The Morgan fingerprint density at radius 3 is 2.21 bits per heavy atom. The van der Waals surface area contributed by atoms with Crippen molar-refractivity contribution in [3.63, 3.8) is 0 Å². The van der Waals surface area contributed by atoms with Gasteiger partial charge in [-0.05, 0) is 67.8 Å². The molecule has 0 fully saturated rings. The molecule has 1 heterocycles. The maximum absolute atomic E-state index is 11.8. The van der Waals surface area contributed by atoms with Crippen molar-refractivity contribution >= 4 is 67.8 Å². The van der Waals surface area contributed by atoms with E-state index >= 15 is 0 Å². The van der Waals surface area contributed by atoms with Gasteiger partial charge in [0.05, 0.1) is 3.57 Å². The first-order valence-corrected chi connectivity index (χ1v) is 6.30. The molecule has 0 N–H and O–H groups in total. The number of pyridine rings is 1. The van der Waals surface area contributed by atoms with Gasteiger partial charge in [-0.3, -0.25) is 0 Å². The molecule has 1 aromatic heterocycles. The first-order chi connectivity index (χ1) is 6.29. The second-order valence-corrected chi connectivity index (χ2v) is 5.36. The van der Waals surface area contributed by atoms with Crippen LogP contribution in [0.5, 0.6) is 5.88 Å². The zero-order valence-corrected chi connectivity index (χ0v) is 12.7. The van der Waals surface area contributed by atoms with Gasteiger partial charge in [0.15, 0.2) is 0 Å². The van der Waals surface area contributed by atoms with Crippen molar-refractivity contribution in [2.75, 3.05) is 0 Å². The number of rotatable bonds is 1. The van der Waals surface area contributed by atoms with Gasteiger partial charge >= 0.3 is 6.36 Å². The zero-order chi connectivity index (χ0) is 10.9. The van der Waals surface area contributed by atoms with Gasteiger partial charge in [0.2, 0.25) is 5.88 Å². The van der Waals surface area contributed by atoms with Crippen molar-refractivity contribution in [3.8, 4) is 5.88 Å². The quantitative estimate of drug-likeness (QED) is 0.400. The number of nitrogens with zero attached hydrogens (tertiary/aromatic N) is 1. The molecular weight excluding hydrogens is 540 g/mol. The number of hydrogen-bond donors (Lipinski definition) is 0. The van der Waals surface area contributed by atoms with Gasteiger partial charge in [-0.15, -0.1) is 13.2 Å². The second-order valence-electron chi connectivity index (χ2n) is 2.09. The van der Waals surface area contributed by atoms with Crippen LogP contribution >= 0.6 is 67.8 Å². The first-order valence-electron chi connectivity index (χ1n) is 3.07. The summed E-state index contributed by atoms with van der Waals surface area (Å²) in [5, 5.41) is 0. The summed E-state index contributed by atoms with van der Waals surface area (Å²) in [5.41, 5.74) is 0. The predicted octanol–water partition coefficient (Wildman–Crippen LogP) is 3.79. The Kier molecular flexibility index (Phi) is 4.50. The highest BCUT2D eigenvalue weighted by molar-refractivity contribution is 14.1. The first kappa shape index (κ1) is 13.0. The zero-order valence-electron chi connectivity index (χ0n) is 6.20. The Bertz CT molecular complexity index is 332. The van der Waals surface area contributed by atoms with E-state index < -0.39 is 12.2 Å². The molecule has 0 spiro atoms. The molecule has 0 saturated carbocycles. The Morgan fingerprint density at radius 2 is 1.79 bits per heavy atom. The van der Waals surface area contributed by atoms with Crippen molar-refractivity contribution in [1.82, 2.24) is 4.98 Å². The fourth-order valence-corrected chi connectivity index (χ4v) is 2.46. The highest BCUT2D eigenvalue weighted by Crippen LogP contribution is 2.27. The molecule has 0 bridgehead atoms.